The van der Waals surface area contributed by atoms with Gasteiger partial charge in [0.2, 0.25) is 0 Å². The molecule has 0 saturated heterocycles. The number of aromatic nitrogens is 2. The molecule has 4 N–H and O–H groups in total. The molecule has 1 aromatic heterocycles. The lowest BCUT2D eigenvalue weighted by Gasteiger charge is -2.11. The van der Waals surface area contributed by atoms with E-state index in [2.05, 4.69) is 20.6 Å². The van der Waals surface area contributed by atoms with E-state index in [1.54, 1.807) is 6.33 Å². The largest absolute Gasteiger partial charge is 0.370 e. The van der Waals surface area contributed by atoms with Gasteiger partial charge in [-0.1, -0.05) is 25.7 Å². The minimum absolute atomic E-state index is 0.699. The second-order valence-electron chi connectivity index (χ2n) is 5.22. The first-order chi connectivity index (χ1) is 9.38. The van der Waals surface area contributed by atoms with E-state index < -0.39 is 0 Å². The third kappa shape index (κ3) is 5.03. The molecule has 1 saturated carbocycles. The van der Waals surface area contributed by atoms with Gasteiger partial charge in [0.05, 0.1) is 0 Å². The van der Waals surface area contributed by atoms with E-state index in [-0.39, 0.29) is 0 Å². The number of nitrogens with two attached hydrogens (primary N) is 1. The first-order valence-corrected chi connectivity index (χ1v) is 7.38. The van der Waals surface area contributed by atoms with Crippen molar-refractivity contribution in [1.82, 2.24) is 9.97 Å². The Kier molecular flexibility index (Phi) is 5.88. The molecule has 0 aliphatic heterocycles. The average molecular weight is 263 g/mol. The number of nitrogens with zero attached hydrogens (tertiary/aromatic N) is 2. The van der Waals surface area contributed by atoms with Gasteiger partial charge >= 0.3 is 0 Å². The van der Waals surface area contributed by atoms with E-state index in [0.29, 0.717) is 6.54 Å². The topological polar surface area (TPSA) is 75.9 Å². The van der Waals surface area contributed by atoms with Crippen molar-refractivity contribution in [3.63, 3.8) is 0 Å². The van der Waals surface area contributed by atoms with E-state index in [9.17, 15) is 0 Å². The van der Waals surface area contributed by atoms with Crippen molar-refractivity contribution in [3.05, 3.63) is 12.4 Å². The third-order valence-corrected chi connectivity index (χ3v) is 3.69. The van der Waals surface area contributed by atoms with Crippen molar-refractivity contribution < 1.29 is 0 Å². The molecular weight excluding hydrogens is 238 g/mol. The molecule has 5 heteroatoms. The smallest absolute Gasteiger partial charge is 0.131 e. The van der Waals surface area contributed by atoms with Crippen LogP contribution in [0.2, 0.25) is 0 Å². The predicted molar refractivity (Wildman–Crippen MR) is 79.3 cm³/mol. The summed E-state index contributed by atoms with van der Waals surface area (Å²) in [5.74, 6) is 2.69. The van der Waals surface area contributed by atoms with Gasteiger partial charge in [-0.05, 0) is 25.3 Å². The highest BCUT2D eigenvalue weighted by Crippen LogP contribution is 2.27. The summed E-state index contributed by atoms with van der Waals surface area (Å²) in [4.78, 5) is 8.44. The van der Waals surface area contributed by atoms with Crippen LogP contribution in [0, 0.1) is 5.92 Å². The second kappa shape index (κ2) is 7.94. The Morgan fingerprint density at radius 1 is 1.11 bits per heavy atom. The van der Waals surface area contributed by atoms with Crippen LogP contribution in [0.5, 0.6) is 0 Å². The van der Waals surface area contributed by atoms with Gasteiger partial charge in [-0.2, -0.15) is 0 Å². The normalized spacial score (nSPS) is 15.6. The van der Waals surface area contributed by atoms with Crippen LogP contribution in [-0.2, 0) is 0 Å². The molecule has 106 valence electrons. The summed E-state index contributed by atoms with van der Waals surface area (Å²) in [5, 5.41) is 6.63. The van der Waals surface area contributed by atoms with Crippen LogP contribution in [-0.4, -0.2) is 29.6 Å². The van der Waals surface area contributed by atoms with Gasteiger partial charge in [0.25, 0.3) is 0 Å². The standard InChI is InChI=1S/C14H25N5/c15-7-3-8-16-13-10-14(19-11-18-13)17-9-6-12-4-1-2-5-12/h10-12H,1-9,15H2,(H2,16,17,18,19). The summed E-state index contributed by atoms with van der Waals surface area (Å²) < 4.78 is 0. The van der Waals surface area contributed by atoms with Crippen molar-refractivity contribution in [2.75, 3.05) is 30.3 Å². The molecule has 2 rings (SSSR count). The first-order valence-electron chi connectivity index (χ1n) is 7.38. The maximum atomic E-state index is 5.46. The van der Waals surface area contributed by atoms with Crippen LogP contribution < -0.4 is 16.4 Å². The lowest BCUT2D eigenvalue weighted by molar-refractivity contribution is 0.518. The van der Waals surface area contributed by atoms with E-state index in [1.165, 1.54) is 32.1 Å². The number of hydrogen-bond acceptors (Lipinski definition) is 5. The molecule has 1 aliphatic carbocycles. The van der Waals surface area contributed by atoms with Crippen LogP contribution in [0.3, 0.4) is 0 Å². The number of hydrogen-bond donors (Lipinski definition) is 3. The maximum Gasteiger partial charge on any atom is 0.131 e. The van der Waals surface area contributed by atoms with Crippen molar-refractivity contribution >= 4 is 11.6 Å². The van der Waals surface area contributed by atoms with Gasteiger partial charge < -0.3 is 16.4 Å². The van der Waals surface area contributed by atoms with Gasteiger partial charge in [0.1, 0.15) is 18.0 Å². The summed E-state index contributed by atoms with van der Waals surface area (Å²) in [6.07, 6.45) is 9.42. The van der Waals surface area contributed by atoms with Crippen molar-refractivity contribution in [3.8, 4) is 0 Å². The van der Waals surface area contributed by atoms with Crippen LogP contribution in [0.15, 0.2) is 12.4 Å². The van der Waals surface area contributed by atoms with Gasteiger partial charge in [-0.3, -0.25) is 0 Å². The molecule has 0 aromatic carbocycles. The van der Waals surface area contributed by atoms with E-state index in [4.69, 9.17) is 5.73 Å². The van der Waals surface area contributed by atoms with Gasteiger partial charge in [0.15, 0.2) is 0 Å². The van der Waals surface area contributed by atoms with Crippen molar-refractivity contribution in [1.29, 1.82) is 0 Å². The predicted octanol–water partition coefficient (Wildman–Crippen LogP) is 2.23. The summed E-state index contributed by atoms with van der Waals surface area (Å²) >= 11 is 0. The Morgan fingerprint density at radius 2 is 1.79 bits per heavy atom. The Labute approximate surface area is 115 Å². The molecule has 19 heavy (non-hydrogen) atoms. The summed E-state index contributed by atoms with van der Waals surface area (Å²) in [6, 6.07) is 1.96. The Balaban J connectivity index is 1.71. The average Bonchev–Trinajstić information content (AvgIpc) is 2.93. The lowest BCUT2D eigenvalue weighted by Crippen LogP contribution is -2.11. The van der Waals surface area contributed by atoms with Crippen LogP contribution in [0.4, 0.5) is 11.6 Å². The van der Waals surface area contributed by atoms with E-state index in [0.717, 1.165) is 37.1 Å². The molecule has 0 unspecified atom stereocenters. The highest BCUT2D eigenvalue weighted by Gasteiger charge is 2.14. The molecule has 1 heterocycles. The van der Waals surface area contributed by atoms with Gasteiger partial charge in [-0.25, -0.2) is 9.97 Å². The zero-order chi connectivity index (χ0) is 13.3. The Morgan fingerprint density at radius 3 is 2.47 bits per heavy atom. The van der Waals surface area contributed by atoms with Crippen LogP contribution in [0.25, 0.3) is 0 Å². The van der Waals surface area contributed by atoms with Crippen LogP contribution in [0.1, 0.15) is 38.5 Å². The Hall–Kier alpha value is -1.36. The SMILES string of the molecule is NCCCNc1cc(NCCC2CCCC2)ncn1. The molecule has 1 aliphatic rings. The molecule has 1 fully saturated rings. The molecule has 0 bridgehead atoms. The number of anilines is 2. The maximum absolute atomic E-state index is 5.46. The fourth-order valence-corrected chi connectivity index (χ4v) is 2.57. The first kappa shape index (κ1) is 14.1. The van der Waals surface area contributed by atoms with E-state index in [1.807, 2.05) is 6.07 Å². The molecule has 0 radical (unpaired) electrons. The molecule has 1 aromatic rings. The molecule has 0 atom stereocenters. The minimum atomic E-state index is 0.699. The highest BCUT2D eigenvalue weighted by atomic mass is 15.1. The Bertz CT molecular complexity index is 363. The molecule has 0 spiro atoms. The zero-order valence-electron chi connectivity index (χ0n) is 11.6. The number of nitrogens with one attached hydrogen (secondary N) is 2. The number of rotatable bonds is 8. The highest BCUT2D eigenvalue weighted by molar-refractivity contribution is 5.46. The third-order valence-electron chi connectivity index (χ3n) is 3.69. The minimum Gasteiger partial charge on any atom is -0.370 e. The van der Waals surface area contributed by atoms with Crippen molar-refractivity contribution in [2.24, 2.45) is 11.7 Å². The van der Waals surface area contributed by atoms with E-state index >= 15 is 0 Å². The second-order valence-corrected chi connectivity index (χ2v) is 5.22. The summed E-state index contributed by atoms with van der Waals surface area (Å²) in [5.41, 5.74) is 5.46. The van der Waals surface area contributed by atoms with Crippen molar-refractivity contribution in [2.45, 2.75) is 38.5 Å². The molecule has 0 amide bonds. The fraction of sp³-hybridized carbons (Fsp3) is 0.714. The summed E-state index contributed by atoms with van der Waals surface area (Å²) in [7, 11) is 0. The quantitative estimate of drug-likeness (QED) is 0.627. The van der Waals surface area contributed by atoms with Gasteiger partial charge in [-0.15, -0.1) is 0 Å². The molecule has 5 nitrogen and oxygen atoms in total. The van der Waals surface area contributed by atoms with Gasteiger partial charge in [0, 0.05) is 19.2 Å². The zero-order valence-corrected chi connectivity index (χ0v) is 11.6. The monoisotopic (exact) mass is 263 g/mol. The fourth-order valence-electron chi connectivity index (χ4n) is 2.57. The van der Waals surface area contributed by atoms with Crippen LogP contribution >= 0.6 is 0 Å². The molecular formula is C14H25N5. The lowest BCUT2D eigenvalue weighted by atomic mass is 10.0. The summed E-state index contributed by atoms with van der Waals surface area (Å²) in [6.45, 7) is 2.56.